The second-order valence-electron chi connectivity index (χ2n) is 2.71. The van der Waals surface area contributed by atoms with Crippen molar-refractivity contribution >= 4 is 5.97 Å². The molecule has 6 heteroatoms. The fourth-order valence-corrected chi connectivity index (χ4v) is 0.793. The van der Waals surface area contributed by atoms with Gasteiger partial charge in [0.1, 0.15) is 6.04 Å². The molecular weight excluding hydrogens is 190 g/mol. The molecule has 0 amide bonds. The molecule has 0 spiro atoms. The zero-order valence-electron chi connectivity index (χ0n) is 8.43. The molecule has 6 nitrogen and oxygen atoms in total. The number of nitrogens with two attached hydrogens (primary N) is 1. The average molecular weight is 207 g/mol. The molecule has 0 fully saturated rings. The number of rotatable bonds is 8. The monoisotopic (exact) mass is 207 g/mol. The topological polar surface area (TPSA) is 91.0 Å². The van der Waals surface area contributed by atoms with E-state index in [1.807, 2.05) is 0 Å². The maximum atomic E-state index is 10.3. The molecule has 0 aliphatic carbocycles. The summed E-state index contributed by atoms with van der Waals surface area (Å²) in [6.45, 7) is 0.350. The van der Waals surface area contributed by atoms with Crippen molar-refractivity contribution in [3.05, 3.63) is 0 Å². The number of carbonyl (C=O) groups is 1. The highest BCUT2D eigenvalue weighted by atomic mass is 16.7. The Kier molecular flexibility index (Phi) is 7.31. The Labute approximate surface area is 82.9 Å². The molecule has 0 saturated carbocycles. The van der Waals surface area contributed by atoms with E-state index in [1.54, 1.807) is 0 Å². The molecular formula is C8H17NO5. The number of methoxy groups -OCH3 is 2. The fraction of sp³-hybridized carbons (Fsp3) is 0.875. The van der Waals surface area contributed by atoms with Gasteiger partial charge < -0.3 is 25.1 Å². The molecule has 3 N–H and O–H groups in total. The van der Waals surface area contributed by atoms with Crippen LogP contribution >= 0.6 is 0 Å². The molecule has 0 aromatic carbocycles. The molecule has 84 valence electrons. The molecule has 0 aliphatic heterocycles. The Balaban J connectivity index is 3.41. The van der Waals surface area contributed by atoms with Crippen molar-refractivity contribution in [3.8, 4) is 0 Å². The van der Waals surface area contributed by atoms with Crippen molar-refractivity contribution in [1.29, 1.82) is 0 Å². The Bertz CT molecular complexity index is 160. The maximum absolute atomic E-state index is 10.3. The highest BCUT2D eigenvalue weighted by molar-refractivity contribution is 5.73. The highest BCUT2D eigenvalue weighted by Crippen LogP contribution is 1.97. The summed E-state index contributed by atoms with van der Waals surface area (Å²) < 4.78 is 14.8. The zero-order valence-corrected chi connectivity index (χ0v) is 8.43. The van der Waals surface area contributed by atoms with E-state index in [-0.39, 0.29) is 12.9 Å². The quantitative estimate of drug-likeness (QED) is 0.409. The van der Waals surface area contributed by atoms with Gasteiger partial charge in [0.25, 0.3) is 0 Å². The number of hydrogen-bond donors (Lipinski definition) is 2. The minimum Gasteiger partial charge on any atom is -0.480 e. The fourth-order valence-electron chi connectivity index (χ4n) is 0.793. The van der Waals surface area contributed by atoms with E-state index >= 15 is 0 Å². The normalized spacial score (nSPS) is 13.1. The predicted molar refractivity (Wildman–Crippen MR) is 48.9 cm³/mol. The first-order valence-corrected chi connectivity index (χ1v) is 4.23. The Morgan fingerprint density at radius 1 is 1.43 bits per heavy atom. The molecule has 0 aromatic rings. The van der Waals surface area contributed by atoms with Crippen LogP contribution in [0.2, 0.25) is 0 Å². The lowest BCUT2D eigenvalue weighted by molar-refractivity contribution is -0.140. The first-order valence-electron chi connectivity index (χ1n) is 4.23. The van der Waals surface area contributed by atoms with Crippen LogP contribution in [0.4, 0.5) is 0 Å². The first-order chi connectivity index (χ1) is 6.61. The largest absolute Gasteiger partial charge is 0.480 e. The van der Waals surface area contributed by atoms with Gasteiger partial charge in [0.2, 0.25) is 0 Å². The van der Waals surface area contributed by atoms with Gasteiger partial charge in [-0.05, 0) is 0 Å². The van der Waals surface area contributed by atoms with E-state index in [2.05, 4.69) is 0 Å². The molecule has 1 atom stereocenters. The summed E-state index contributed by atoms with van der Waals surface area (Å²) in [5, 5.41) is 8.43. The number of hydrogen-bond acceptors (Lipinski definition) is 5. The summed E-state index contributed by atoms with van der Waals surface area (Å²) in [7, 11) is 3.05. The molecule has 0 aliphatic rings. The van der Waals surface area contributed by atoms with Gasteiger partial charge in [-0.2, -0.15) is 0 Å². The lowest BCUT2D eigenvalue weighted by atomic mass is 10.3. The third-order valence-corrected chi connectivity index (χ3v) is 1.64. The first kappa shape index (κ1) is 13.3. The van der Waals surface area contributed by atoms with Crippen LogP contribution in [0.25, 0.3) is 0 Å². The zero-order chi connectivity index (χ0) is 11.0. The van der Waals surface area contributed by atoms with Crippen LogP contribution < -0.4 is 5.73 Å². The summed E-state index contributed by atoms with van der Waals surface area (Å²) in [6.07, 6.45) is 0.218. The van der Waals surface area contributed by atoms with Gasteiger partial charge in [-0.15, -0.1) is 0 Å². The van der Waals surface area contributed by atoms with Crippen LogP contribution in [-0.4, -0.2) is 50.8 Å². The number of carboxylic acids is 1. The van der Waals surface area contributed by atoms with E-state index in [0.717, 1.165) is 0 Å². The maximum Gasteiger partial charge on any atom is 0.322 e. The summed E-state index contributed by atoms with van der Waals surface area (Å²) in [6, 6.07) is -0.974. The standard InChI is InChI=1S/C8H17NO5/c1-12-7(13-2)3-4-14-5-6(9)8(10)11/h6-7H,3-5,9H2,1-2H3,(H,10,11). The van der Waals surface area contributed by atoms with E-state index in [9.17, 15) is 4.79 Å². The summed E-state index contributed by atoms with van der Waals surface area (Å²) in [5.74, 6) is -1.07. The summed E-state index contributed by atoms with van der Waals surface area (Å²) in [5.41, 5.74) is 5.21. The Hall–Kier alpha value is -0.690. The van der Waals surface area contributed by atoms with Gasteiger partial charge in [0.05, 0.1) is 13.2 Å². The van der Waals surface area contributed by atoms with E-state index in [1.165, 1.54) is 14.2 Å². The number of aliphatic carboxylic acids is 1. The average Bonchev–Trinajstić information content (AvgIpc) is 2.17. The summed E-state index contributed by atoms with van der Waals surface area (Å²) in [4.78, 5) is 10.3. The molecule has 1 unspecified atom stereocenters. The summed E-state index contributed by atoms with van der Waals surface area (Å²) >= 11 is 0. The van der Waals surface area contributed by atoms with Crippen molar-refractivity contribution in [1.82, 2.24) is 0 Å². The van der Waals surface area contributed by atoms with Crippen molar-refractivity contribution in [2.24, 2.45) is 5.73 Å². The number of ether oxygens (including phenoxy) is 3. The van der Waals surface area contributed by atoms with Crippen LogP contribution in [0, 0.1) is 0 Å². The van der Waals surface area contributed by atoms with Gasteiger partial charge in [-0.1, -0.05) is 0 Å². The molecule has 0 bridgehead atoms. The second kappa shape index (κ2) is 7.69. The lowest BCUT2D eigenvalue weighted by Crippen LogP contribution is -2.35. The van der Waals surface area contributed by atoms with E-state index in [0.29, 0.717) is 13.0 Å². The van der Waals surface area contributed by atoms with Crippen LogP contribution in [0.1, 0.15) is 6.42 Å². The lowest BCUT2D eigenvalue weighted by Gasteiger charge is -2.13. The molecule has 0 rings (SSSR count). The second-order valence-corrected chi connectivity index (χ2v) is 2.71. The van der Waals surface area contributed by atoms with Crippen molar-refractivity contribution in [2.75, 3.05) is 27.4 Å². The van der Waals surface area contributed by atoms with E-state index < -0.39 is 12.0 Å². The van der Waals surface area contributed by atoms with Crippen molar-refractivity contribution in [2.45, 2.75) is 18.8 Å². The van der Waals surface area contributed by atoms with Gasteiger partial charge in [-0.3, -0.25) is 4.79 Å². The van der Waals surface area contributed by atoms with Gasteiger partial charge in [-0.25, -0.2) is 0 Å². The van der Waals surface area contributed by atoms with E-state index in [4.69, 9.17) is 25.1 Å². The minimum absolute atomic E-state index is 0.00448. The van der Waals surface area contributed by atoms with Crippen molar-refractivity contribution in [3.63, 3.8) is 0 Å². The van der Waals surface area contributed by atoms with Gasteiger partial charge >= 0.3 is 5.97 Å². The Morgan fingerprint density at radius 3 is 2.43 bits per heavy atom. The van der Waals surface area contributed by atoms with Gasteiger partial charge in [0, 0.05) is 20.6 Å². The number of carboxylic acid groups (broad SMARTS) is 1. The molecule has 0 aromatic heterocycles. The predicted octanol–water partition coefficient (Wildman–Crippen LogP) is -0.576. The molecule has 0 heterocycles. The van der Waals surface area contributed by atoms with Crippen molar-refractivity contribution < 1.29 is 24.1 Å². The Morgan fingerprint density at radius 2 is 2.00 bits per heavy atom. The van der Waals surface area contributed by atoms with Crippen LogP contribution in [0.5, 0.6) is 0 Å². The third-order valence-electron chi connectivity index (χ3n) is 1.64. The third kappa shape index (κ3) is 5.87. The SMILES string of the molecule is COC(CCOCC(N)C(=O)O)OC. The molecule has 14 heavy (non-hydrogen) atoms. The van der Waals surface area contributed by atoms with Gasteiger partial charge in [0.15, 0.2) is 6.29 Å². The van der Waals surface area contributed by atoms with Crippen LogP contribution in [-0.2, 0) is 19.0 Å². The van der Waals surface area contributed by atoms with Crippen LogP contribution in [0.3, 0.4) is 0 Å². The molecule has 0 radical (unpaired) electrons. The highest BCUT2D eigenvalue weighted by Gasteiger charge is 2.11. The smallest absolute Gasteiger partial charge is 0.322 e. The molecule has 0 saturated heterocycles. The van der Waals surface area contributed by atoms with Crippen LogP contribution in [0.15, 0.2) is 0 Å². The minimum atomic E-state index is -1.07.